The van der Waals surface area contributed by atoms with Gasteiger partial charge >= 0.3 is 5.97 Å². The second-order valence-corrected chi connectivity index (χ2v) is 6.61. The predicted molar refractivity (Wildman–Crippen MR) is 74.3 cm³/mol. The van der Waals surface area contributed by atoms with Crippen LogP contribution in [0, 0.1) is 19.8 Å². The molecule has 6 nitrogen and oxygen atoms in total. The molecule has 7 heteroatoms. The molecular formula is C13H19NO5S. The fourth-order valence-electron chi connectivity index (χ4n) is 1.75. The molecule has 0 aromatic heterocycles. The van der Waals surface area contributed by atoms with E-state index >= 15 is 0 Å². The van der Waals surface area contributed by atoms with Gasteiger partial charge in [-0.3, -0.25) is 0 Å². The van der Waals surface area contributed by atoms with E-state index in [0.29, 0.717) is 11.1 Å². The van der Waals surface area contributed by atoms with E-state index < -0.39 is 16.0 Å². The van der Waals surface area contributed by atoms with E-state index in [2.05, 4.69) is 4.72 Å². The number of sulfonamides is 1. The van der Waals surface area contributed by atoms with Crippen molar-refractivity contribution in [2.75, 3.05) is 13.2 Å². The van der Waals surface area contributed by atoms with Gasteiger partial charge in [0.15, 0.2) is 0 Å². The van der Waals surface area contributed by atoms with Crippen LogP contribution in [0.25, 0.3) is 0 Å². The second kappa shape index (κ2) is 6.34. The summed E-state index contributed by atoms with van der Waals surface area (Å²) in [6.45, 7) is 4.90. The zero-order chi connectivity index (χ0) is 15.5. The third-order valence-corrected chi connectivity index (χ3v) is 4.54. The molecule has 0 saturated carbocycles. The molecule has 0 aliphatic heterocycles. The Morgan fingerprint density at radius 3 is 2.40 bits per heavy atom. The van der Waals surface area contributed by atoms with Crippen LogP contribution < -0.4 is 4.72 Å². The Hall–Kier alpha value is -1.44. The van der Waals surface area contributed by atoms with E-state index in [1.807, 2.05) is 0 Å². The van der Waals surface area contributed by atoms with Gasteiger partial charge in [-0.25, -0.2) is 17.9 Å². The minimum absolute atomic E-state index is 0.0359. The molecule has 0 heterocycles. The second-order valence-electron chi connectivity index (χ2n) is 4.88. The van der Waals surface area contributed by atoms with Crippen LogP contribution in [0.2, 0.25) is 0 Å². The normalized spacial score (nSPS) is 13.2. The lowest BCUT2D eigenvalue weighted by Crippen LogP contribution is -2.30. The van der Waals surface area contributed by atoms with Crippen molar-refractivity contribution >= 4 is 16.0 Å². The Morgan fingerprint density at radius 2 is 1.90 bits per heavy atom. The zero-order valence-corrected chi connectivity index (χ0v) is 12.5. The summed E-state index contributed by atoms with van der Waals surface area (Å²) in [6, 6.07) is 2.70. The fraction of sp³-hybridized carbons (Fsp3) is 0.462. The number of nitrogens with one attached hydrogen (secondary N) is 1. The van der Waals surface area contributed by atoms with Gasteiger partial charge in [0.05, 0.1) is 10.5 Å². The molecule has 1 atom stereocenters. The molecule has 1 aromatic rings. The van der Waals surface area contributed by atoms with Gasteiger partial charge in [-0.15, -0.1) is 0 Å². The van der Waals surface area contributed by atoms with Crippen molar-refractivity contribution in [3.8, 4) is 0 Å². The van der Waals surface area contributed by atoms with Crippen LogP contribution in [0.4, 0.5) is 0 Å². The molecule has 20 heavy (non-hydrogen) atoms. The standard InChI is InChI=1S/C13H19NO5S/c1-8(7-15)6-14-20(18,19)12-5-11(13(16)17)9(2)4-10(12)3/h4-5,8,14-15H,6-7H2,1-3H3,(H,16,17). The number of carboxylic acids is 1. The summed E-state index contributed by atoms with van der Waals surface area (Å²) in [7, 11) is -3.79. The summed E-state index contributed by atoms with van der Waals surface area (Å²) < 4.78 is 26.7. The summed E-state index contributed by atoms with van der Waals surface area (Å²) in [5.41, 5.74) is 0.959. The van der Waals surface area contributed by atoms with Crippen LogP contribution in [0.15, 0.2) is 17.0 Å². The highest BCUT2D eigenvalue weighted by atomic mass is 32.2. The first-order valence-corrected chi connectivity index (χ1v) is 7.62. The molecule has 1 unspecified atom stereocenters. The van der Waals surface area contributed by atoms with Crippen LogP contribution in [0.1, 0.15) is 28.4 Å². The van der Waals surface area contributed by atoms with Crippen molar-refractivity contribution < 1.29 is 23.4 Å². The summed E-state index contributed by atoms with van der Waals surface area (Å²) in [4.78, 5) is 11.0. The highest BCUT2D eigenvalue weighted by Gasteiger charge is 2.21. The third kappa shape index (κ3) is 3.78. The first-order valence-electron chi connectivity index (χ1n) is 6.14. The lowest BCUT2D eigenvalue weighted by Gasteiger charge is -2.13. The number of aryl methyl sites for hydroxylation is 2. The Kier molecular flexibility index (Phi) is 5.27. The number of carboxylic acid groups (broad SMARTS) is 1. The van der Waals surface area contributed by atoms with Crippen molar-refractivity contribution in [2.24, 2.45) is 5.92 Å². The molecular weight excluding hydrogens is 282 g/mol. The molecule has 0 aliphatic rings. The fourth-order valence-corrected chi connectivity index (χ4v) is 3.16. The summed E-state index contributed by atoms with van der Waals surface area (Å²) >= 11 is 0. The van der Waals surface area contributed by atoms with Crippen LogP contribution in [0.3, 0.4) is 0 Å². The molecule has 3 N–H and O–H groups in total. The van der Waals surface area contributed by atoms with E-state index in [9.17, 15) is 13.2 Å². The molecule has 0 amide bonds. The summed E-state index contributed by atoms with van der Waals surface area (Å²) in [5, 5.41) is 18.0. The number of benzene rings is 1. The molecule has 112 valence electrons. The van der Waals surface area contributed by atoms with E-state index in [0.717, 1.165) is 0 Å². The first kappa shape index (κ1) is 16.6. The van der Waals surface area contributed by atoms with Crippen LogP contribution >= 0.6 is 0 Å². The van der Waals surface area contributed by atoms with Gasteiger partial charge in [0.1, 0.15) is 0 Å². The van der Waals surface area contributed by atoms with Gasteiger partial charge in [0.25, 0.3) is 0 Å². The molecule has 0 fully saturated rings. The van der Waals surface area contributed by atoms with Crippen molar-refractivity contribution in [1.82, 2.24) is 4.72 Å². The average molecular weight is 301 g/mol. The maximum absolute atomic E-state index is 12.2. The average Bonchev–Trinajstić information content (AvgIpc) is 2.35. The van der Waals surface area contributed by atoms with E-state index in [-0.39, 0.29) is 29.5 Å². The zero-order valence-electron chi connectivity index (χ0n) is 11.7. The molecule has 1 aromatic carbocycles. The van der Waals surface area contributed by atoms with E-state index in [4.69, 9.17) is 10.2 Å². The van der Waals surface area contributed by atoms with Gasteiger partial charge in [0.2, 0.25) is 10.0 Å². The maximum atomic E-state index is 12.2. The summed E-state index contributed by atoms with van der Waals surface area (Å²) in [6.07, 6.45) is 0. The first-order chi connectivity index (χ1) is 9.19. The smallest absolute Gasteiger partial charge is 0.335 e. The van der Waals surface area contributed by atoms with E-state index in [1.165, 1.54) is 12.1 Å². The monoisotopic (exact) mass is 301 g/mol. The van der Waals surface area contributed by atoms with Crippen molar-refractivity contribution in [3.63, 3.8) is 0 Å². The highest BCUT2D eigenvalue weighted by Crippen LogP contribution is 2.20. The Balaban J connectivity index is 3.18. The lowest BCUT2D eigenvalue weighted by atomic mass is 10.1. The predicted octanol–water partition coefficient (Wildman–Crippen LogP) is 0.908. The maximum Gasteiger partial charge on any atom is 0.335 e. The molecule has 0 spiro atoms. The Labute approximate surface area is 118 Å². The van der Waals surface area contributed by atoms with Crippen molar-refractivity contribution in [3.05, 3.63) is 28.8 Å². The van der Waals surface area contributed by atoms with E-state index in [1.54, 1.807) is 20.8 Å². The van der Waals surface area contributed by atoms with Gasteiger partial charge < -0.3 is 10.2 Å². The Bertz CT molecular complexity index is 609. The van der Waals surface area contributed by atoms with Crippen molar-refractivity contribution in [2.45, 2.75) is 25.7 Å². The van der Waals surface area contributed by atoms with Crippen LogP contribution in [-0.2, 0) is 10.0 Å². The molecule has 0 saturated heterocycles. The number of rotatable bonds is 6. The number of aliphatic hydroxyl groups is 1. The van der Waals surface area contributed by atoms with Gasteiger partial charge in [-0.2, -0.15) is 0 Å². The number of aromatic carboxylic acids is 1. The molecule has 0 bridgehead atoms. The largest absolute Gasteiger partial charge is 0.478 e. The number of carbonyl (C=O) groups is 1. The molecule has 0 radical (unpaired) electrons. The topological polar surface area (TPSA) is 104 Å². The van der Waals surface area contributed by atoms with Crippen LogP contribution in [-0.4, -0.2) is 37.8 Å². The van der Waals surface area contributed by atoms with Gasteiger partial charge in [0, 0.05) is 13.2 Å². The lowest BCUT2D eigenvalue weighted by molar-refractivity contribution is 0.0696. The highest BCUT2D eigenvalue weighted by molar-refractivity contribution is 7.89. The van der Waals surface area contributed by atoms with Gasteiger partial charge in [-0.05, 0) is 37.0 Å². The number of hydrogen-bond acceptors (Lipinski definition) is 4. The Morgan fingerprint density at radius 1 is 1.30 bits per heavy atom. The van der Waals surface area contributed by atoms with Gasteiger partial charge in [-0.1, -0.05) is 13.0 Å². The minimum atomic E-state index is -3.79. The van der Waals surface area contributed by atoms with Crippen molar-refractivity contribution in [1.29, 1.82) is 0 Å². The van der Waals surface area contributed by atoms with Crippen LogP contribution in [0.5, 0.6) is 0 Å². The molecule has 1 rings (SSSR count). The summed E-state index contributed by atoms with van der Waals surface area (Å²) in [5.74, 6) is -1.38. The quantitative estimate of drug-likeness (QED) is 0.724. The minimum Gasteiger partial charge on any atom is -0.478 e. The SMILES string of the molecule is Cc1cc(C)c(S(=O)(=O)NCC(C)CO)cc1C(=O)O. The number of hydrogen-bond donors (Lipinski definition) is 3. The molecule has 0 aliphatic carbocycles. The number of aliphatic hydroxyl groups excluding tert-OH is 1. The third-order valence-electron chi connectivity index (χ3n) is 2.98.